The summed E-state index contributed by atoms with van der Waals surface area (Å²) in [5.74, 6) is -0.379. The van der Waals surface area contributed by atoms with E-state index >= 15 is 0 Å². The Balaban J connectivity index is 1.47. The number of carbonyl (C=O) groups excluding carboxylic acids is 2. The predicted molar refractivity (Wildman–Crippen MR) is 154 cm³/mol. The van der Waals surface area contributed by atoms with Gasteiger partial charge in [0.25, 0.3) is 11.8 Å². The van der Waals surface area contributed by atoms with E-state index in [1.165, 1.54) is 23.6 Å². The molecule has 0 bridgehead atoms. The van der Waals surface area contributed by atoms with E-state index < -0.39 is 11.8 Å². The largest absolute Gasteiger partial charge is 0.476 e. The molecule has 0 unspecified atom stereocenters. The lowest BCUT2D eigenvalue weighted by Gasteiger charge is -2.31. The number of ether oxygens (including phenoxy) is 1. The number of rotatable bonds is 7. The zero-order valence-corrected chi connectivity index (χ0v) is 24.0. The Morgan fingerprint density at radius 2 is 1.80 bits per heavy atom. The Labute approximate surface area is 247 Å². The van der Waals surface area contributed by atoms with Gasteiger partial charge < -0.3 is 20.3 Å². The van der Waals surface area contributed by atoms with Crippen LogP contribution in [0.4, 0.5) is 17.2 Å². The molecule has 0 radical (unpaired) electrons. The fraction of sp³-hybridized carbons (Fsp3) is 0.250. The molecule has 1 saturated heterocycles. The van der Waals surface area contributed by atoms with Crippen molar-refractivity contribution in [3.63, 3.8) is 0 Å². The number of carbonyl (C=O) groups is 2. The van der Waals surface area contributed by atoms with Gasteiger partial charge in [0.05, 0.1) is 74.5 Å². The summed E-state index contributed by atoms with van der Waals surface area (Å²) >= 11 is 20.2. The average Bonchev–Trinajstić information content (AvgIpc) is 3.62. The van der Waals surface area contributed by atoms with Crippen LogP contribution >= 0.6 is 46.1 Å². The number of nitrogens with zero attached hydrogens (tertiary/aromatic N) is 7. The van der Waals surface area contributed by atoms with Crippen molar-refractivity contribution >= 4 is 81.1 Å². The lowest BCUT2D eigenvalue weighted by Crippen LogP contribution is -2.37. The van der Waals surface area contributed by atoms with E-state index in [1.54, 1.807) is 35.2 Å². The van der Waals surface area contributed by atoms with E-state index in [9.17, 15) is 9.59 Å². The minimum absolute atomic E-state index is 0.153. The van der Waals surface area contributed by atoms with E-state index in [0.717, 1.165) is 0 Å². The molecule has 5 rings (SSSR count). The SMILES string of the molecule is C[N+](Cc1csc(C(=O)Nc2c(C(=O)Nc3ccc(Cl)cn3)cc(Cl)cc2N2CCOCC2)c1Cl)=C1N=NN=N1. The van der Waals surface area contributed by atoms with Crippen LogP contribution in [0, 0.1) is 0 Å². The van der Waals surface area contributed by atoms with Crippen LogP contribution in [-0.4, -0.2) is 60.7 Å². The molecule has 2 amide bonds. The monoisotopic (exact) mass is 620 g/mol. The molecule has 3 aromatic rings. The van der Waals surface area contributed by atoms with Crippen molar-refractivity contribution in [1.82, 2.24) is 4.98 Å². The van der Waals surface area contributed by atoms with E-state index in [2.05, 4.69) is 36.3 Å². The van der Waals surface area contributed by atoms with Crippen molar-refractivity contribution in [3.8, 4) is 0 Å². The van der Waals surface area contributed by atoms with Gasteiger partial charge in [-0.25, -0.2) is 4.98 Å². The molecule has 1 fully saturated rings. The van der Waals surface area contributed by atoms with Crippen molar-refractivity contribution in [3.05, 3.63) is 66.9 Å². The number of pyridine rings is 1. The smallest absolute Gasteiger partial charge is 0.378 e. The summed E-state index contributed by atoms with van der Waals surface area (Å²) in [7, 11) is 1.76. The molecular weight excluding hydrogens is 601 g/mol. The number of halogens is 3. The van der Waals surface area contributed by atoms with Gasteiger partial charge in [-0.1, -0.05) is 34.8 Å². The first-order valence-electron chi connectivity index (χ1n) is 11.9. The fourth-order valence-electron chi connectivity index (χ4n) is 4.02. The third-order valence-corrected chi connectivity index (χ3v) is 7.96. The Morgan fingerprint density at radius 3 is 2.50 bits per heavy atom. The number of thiophene rings is 1. The second-order valence-corrected chi connectivity index (χ2v) is 10.8. The molecule has 2 aliphatic rings. The van der Waals surface area contributed by atoms with Crippen molar-refractivity contribution in [2.24, 2.45) is 20.7 Å². The number of amides is 2. The van der Waals surface area contributed by atoms with Gasteiger partial charge in [0, 0.05) is 29.9 Å². The van der Waals surface area contributed by atoms with Crippen LogP contribution in [0.25, 0.3) is 0 Å². The molecule has 2 aliphatic heterocycles. The first-order chi connectivity index (χ1) is 19.3. The summed E-state index contributed by atoms with van der Waals surface area (Å²) in [6.45, 7) is 2.40. The van der Waals surface area contributed by atoms with Crippen LogP contribution < -0.4 is 15.5 Å². The molecule has 0 atom stereocenters. The number of aromatic nitrogens is 1. The maximum Gasteiger partial charge on any atom is 0.476 e. The topological polar surface area (TPSA) is 136 Å². The number of anilines is 3. The highest BCUT2D eigenvalue weighted by molar-refractivity contribution is 7.13. The van der Waals surface area contributed by atoms with Gasteiger partial charge in [0.1, 0.15) is 10.7 Å². The fourth-order valence-corrected chi connectivity index (χ4v) is 5.59. The molecule has 2 N–H and O–H groups in total. The summed E-state index contributed by atoms with van der Waals surface area (Å²) in [4.78, 5) is 33.4. The molecule has 2 aromatic heterocycles. The number of nitrogens with one attached hydrogen (secondary N) is 2. The van der Waals surface area contributed by atoms with E-state index in [0.29, 0.717) is 60.1 Å². The third-order valence-electron chi connectivity index (χ3n) is 5.95. The molecule has 0 spiro atoms. The predicted octanol–water partition coefficient (Wildman–Crippen LogP) is 5.78. The third kappa shape index (κ3) is 6.29. The van der Waals surface area contributed by atoms with Gasteiger partial charge >= 0.3 is 5.96 Å². The summed E-state index contributed by atoms with van der Waals surface area (Å²) < 4.78 is 7.20. The van der Waals surface area contributed by atoms with Gasteiger partial charge in [-0.15, -0.1) is 11.3 Å². The molecule has 0 aliphatic carbocycles. The van der Waals surface area contributed by atoms with Gasteiger partial charge in [0.2, 0.25) is 0 Å². The van der Waals surface area contributed by atoms with E-state index in [-0.39, 0.29) is 27.0 Å². The number of benzene rings is 1. The molecule has 12 nitrogen and oxygen atoms in total. The summed E-state index contributed by atoms with van der Waals surface area (Å²) in [5, 5.41) is 23.1. The second-order valence-electron chi connectivity index (χ2n) is 8.66. The molecule has 1 aromatic carbocycles. The number of guanidine groups is 1. The molecule has 4 heterocycles. The normalized spacial score (nSPS) is 14.5. The quantitative estimate of drug-likeness (QED) is 0.323. The Hall–Kier alpha value is -3.49. The van der Waals surface area contributed by atoms with Crippen LogP contribution in [0.3, 0.4) is 0 Å². The van der Waals surface area contributed by atoms with Crippen LogP contribution in [0.1, 0.15) is 25.6 Å². The molecule has 206 valence electrons. The zero-order chi connectivity index (χ0) is 28.2. The maximum atomic E-state index is 13.6. The maximum absolute atomic E-state index is 13.6. The summed E-state index contributed by atoms with van der Waals surface area (Å²) in [5.41, 5.74) is 1.72. The standard InChI is InChI=1S/C24H20Cl3N9O3S/c1-35(24-31-33-34-32-24)11-13-12-40-21(19(13)27)23(38)30-20-16(22(37)29-18-3-2-14(25)10-28-18)8-15(26)9-17(20)36-4-6-39-7-5-36/h2-3,8-10,12H,4-7,11H2,1H3,(H-,28,29,30,37,38)/p+1. The summed E-state index contributed by atoms with van der Waals surface area (Å²) in [6.07, 6.45) is 1.42. The lowest BCUT2D eigenvalue weighted by atomic mass is 10.1. The summed E-state index contributed by atoms with van der Waals surface area (Å²) in [6, 6.07) is 6.38. The Bertz CT molecular complexity index is 1540. The van der Waals surface area contributed by atoms with Crippen LogP contribution in [0.15, 0.2) is 56.5 Å². The molecular formula is C24H21Cl3N9O3S+. The second kappa shape index (κ2) is 12.4. The highest BCUT2D eigenvalue weighted by Crippen LogP contribution is 2.36. The van der Waals surface area contributed by atoms with Crippen molar-refractivity contribution in [2.75, 3.05) is 48.9 Å². The van der Waals surface area contributed by atoms with Crippen molar-refractivity contribution in [1.29, 1.82) is 0 Å². The minimum atomic E-state index is -0.515. The van der Waals surface area contributed by atoms with E-state index in [1.807, 2.05) is 4.90 Å². The number of morpholine rings is 1. The average molecular weight is 622 g/mol. The lowest BCUT2D eigenvalue weighted by molar-refractivity contribution is -0.515. The van der Waals surface area contributed by atoms with Gasteiger partial charge in [-0.2, -0.15) is 0 Å². The molecule has 0 saturated carbocycles. The minimum Gasteiger partial charge on any atom is -0.378 e. The first kappa shape index (κ1) is 28.1. The van der Waals surface area contributed by atoms with Crippen LogP contribution in [-0.2, 0) is 11.3 Å². The first-order valence-corrected chi connectivity index (χ1v) is 13.9. The van der Waals surface area contributed by atoms with Crippen LogP contribution in [0.2, 0.25) is 15.1 Å². The Kier molecular flexibility index (Phi) is 8.66. The van der Waals surface area contributed by atoms with Crippen molar-refractivity contribution in [2.45, 2.75) is 6.54 Å². The van der Waals surface area contributed by atoms with Gasteiger partial charge in [0.15, 0.2) is 0 Å². The molecule has 16 heteroatoms. The number of hydrogen-bond acceptors (Lipinski definition) is 8. The highest BCUT2D eigenvalue weighted by atomic mass is 35.5. The Morgan fingerprint density at radius 1 is 1.05 bits per heavy atom. The zero-order valence-electron chi connectivity index (χ0n) is 20.9. The van der Waals surface area contributed by atoms with Crippen LogP contribution in [0.5, 0.6) is 0 Å². The van der Waals surface area contributed by atoms with Gasteiger partial charge in [-0.05, 0) is 29.6 Å². The highest BCUT2D eigenvalue weighted by Gasteiger charge is 2.26. The molecule has 40 heavy (non-hydrogen) atoms. The van der Waals surface area contributed by atoms with Crippen molar-refractivity contribution < 1.29 is 18.9 Å². The van der Waals surface area contributed by atoms with Gasteiger partial charge in [-0.3, -0.25) is 14.2 Å². The number of hydrogen-bond donors (Lipinski definition) is 2. The van der Waals surface area contributed by atoms with E-state index in [4.69, 9.17) is 39.5 Å².